The summed E-state index contributed by atoms with van der Waals surface area (Å²) < 4.78 is 28.0. The first-order chi connectivity index (χ1) is 15.9. The molecule has 0 unspecified atom stereocenters. The molecule has 1 N–H and O–H groups in total. The monoisotopic (exact) mass is 461 g/mol. The van der Waals surface area contributed by atoms with Crippen molar-refractivity contribution >= 4 is 15.9 Å². The number of para-hydroxylation sites is 1. The van der Waals surface area contributed by atoms with Crippen LogP contribution in [-0.4, -0.2) is 47.5 Å². The van der Waals surface area contributed by atoms with Crippen LogP contribution in [0.2, 0.25) is 0 Å². The molecule has 0 aliphatic rings. The van der Waals surface area contributed by atoms with Crippen molar-refractivity contribution in [2.45, 2.75) is 11.4 Å². The summed E-state index contributed by atoms with van der Waals surface area (Å²) >= 11 is 0. The number of aromatic nitrogens is 3. The van der Waals surface area contributed by atoms with Crippen molar-refractivity contribution in [3.63, 3.8) is 0 Å². The van der Waals surface area contributed by atoms with E-state index >= 15 is 0 Å². The van der Waals surface area contributed by atoms with E-state index in [1.807, 2.05) is 60.7 Å². The number of nitrogens with one attached hydrogen (secondary N) is 1. The Balaban J connectivity index is 1.64. The van der Waals surface area contributed by atoms with E-state index in [1.165, 1.54) is 20.2 Å². The minimum Gasteiger partial charge on any atom is -0.345 e. The number of amides is 1. The zero-order chi connectivity index (χ0) is 23.4. The molecule has 0 fully saturated rings. The van der Waals surface area contributed by atoms with Crippen LogP contribution < -0.4 is 5.32 Å². The van der Waals surface area contributed by atoms with Gasteiger partial charge in [-0.05, 0) is 23.8 Å². The zero-order valence-electron chi connectivity index (χ0n) is 18.2. The van der Waals surface area contributed by atoms with E-state index in [-0.39, 0.29) is 17.3 Å². The lowest BCUT2D eigenvalue weighted by molar-refractivity contribution is 0.0940. The van der Waals surface area contributed by atoms with Crippen molar-refractivity contribution in [2.24, 2.45) is 0 Å². The number of sulfonamides is 1. The third-order valence-corrected chi connectivity index (χ3v) is 6.93. The Morgan fingerprint density at radius 3 is 2.18 bits per heavy atom. The first kappa shape index (κ1) is 22.4. The number of carbonyl (C=O) groups excluding carboxylic acids is 1. The number of carbonyl (C=O) groups is 1. The van der Waals surface area contributed by atoms with Gasteiger partial charge in [-0.3, -0.25) is 4.79 Å². The Labute approximate surface area is 192 Å². The molecule has 0 bridgehead atoms. The zero-order valence-corrected chi connectivity index (χ0v) is 19.0. The molecule has 4 rings (SSSR count). The molecule has 1 amide bonds. The van der Waals surface area contributed by atoms with Crippen LogP contribution in [-0.2, 0) is 16.6 Å². The van der Waals surface area contributed by atoms with Crippen LogP contribution >= 0.6 is 0 Å². The summed E-state index contributed by atoms with van der Waals surface area (Å²) in [6.45, 7) is 0.0165. The van der Waals surface area contributed by atoms with Crippen molar-refractivity contribution in [3.8, 4) is 17.1 Å². The fourth-order valence-electron chi connectivity index (χ4n) is 3.28. The van der Waals surface area contributed by atoms with E-state index in [4.69, 9.17) is 0 Å². The van der Waals surface area contributed by atoms with E-state index in [1.54, 1.807) is 22.9 Å². The lowest BCUT2D eigenvalue weighted by Gasteiger charge is -2.15. The van der Waals surface area contributed by atoms with Crippen molar-refractivity contribution < 1.29 is 13.2 Å². The molecular weight excluding hydrogens is 438 g/mol. The molecule has 0 aliphatic heterocycles. The first-order valence-corrected chi connectivity index (χ1v) is 11.7. The summed E-state index contributed by atoms with van der Waals surface area (Å²) in [5.41, 5.74) is 2.06. The Morgan fingerprint density at radius 2 is 1.52 bits per heavy atom. The normalized spacial score (nSPS) is 11.5. The highest BCUT2D eigenvalue weighted by Crippen LogP contribution is 2.21. The minimum atomic E-state index is -3.65. The van der Waals surface area contributed by atoms with Gasteiger partial charge in [0.25, 0.3) is 5.91 Å². The lowest BCUT2D eigenvalue weighted by atomic mass is 10.2. The Bertz CT molecular complexity index is 1310. The molecule has 0 saturated carbocycles. The van der Waals surface area contributed by atoms with Gasteiger partial charge in [0.1, 0.15) is 0 Å². The van der Waals surface area contributed by atoms with Crippen LogP contribution in [0.3, 0.4) is 0 Å². The van der Waals surface area contributed by atoms with Crippen LogP contribution in [0.5, 0.6) is 0 Å². The molecule has 1 heterocycles. The molecule has 168 valence electrons. The van der Waals surface area contributed by atoms with Gasteiger partial charge in [0.2, 0.25) is 15.8 Å². The summed E-state index contributed by atoms with van der Waals surface area (Å²) in [6, 6.07) is 25.5. The first-order valence-electron chi connectivity index (χ1n) is 10.2. The van der Waals surface area contributed by atoms with Gasteiger partial charge >= 0.3 is 0 Å². The molecule has 0 atom stereocenters. The van der Waals surface area contributed by atoms with Gasteiger partial charge in [0.05, 0.1) is 10.6 Å². The maximum atomic E-state index is 12.9. The number of benzene rings is 3. The molecule has 9 heteroatoms. The maximum absolute atomic E-state index is 12.9. The van der Waals surface area contributed by atoms with Crippen molar-refractivity contribution in [3.05, 3.63) is 96.3 Å². The van der Waals surface area contributed by atoms with E-state index in [2.05, 4.69) is 15.4 Å². The number of hydrogen-bond donors (Lipinski definition) is 1. The van der Waals surface area contributed by atoms with Crippen molar-refractivity contribution in [1.29, 1.82) is 0 Å². The molecule has 0 spiro atoms. The van der Waals surface area contributed by atoms with Crippen LogP contribution in [0.4, 0.5) is 0 Å². The number of rotatable bonds is 7. The van der Waals surface area contributed by atoms with Gasteiger partial charge in [-0.15, -0.1) is 5.10 Å². The number of hydrogen-bond acceptors (Lipinski definition) is 5. The predicted molar refractivity (Wildman–Crippen MR) is 125 cm³/mol. The molecule has 1 aromatic heterocycles. The molecule has 0 saturated heterocycles. The van der Waals surface area contributed by atoms with Gasteiger partial charge in [-0.2, -0.15) is 0 Å². The fraction of sp³-hybridized carbons (Fsp3) is 0.125. The summed E-state index contributed by atoms with van der Waals surface area (Å²) in [6.07, 6.45) is 0. The van der Waals surface area contributed by atoms with Crippen molar-refractivity contribution in [2.75, 3.05) is 14.1 Å². The lowest BCUT2D eigenvalue weighted by Crippen LogP contribution is -2.27. The third-order valence-electron chi connectivity index (χ3n) is 5.01. The second-order valence-corrected chi connectivity index (χ2v) is 9.57. The molecule has 0 radical (unpaired) electrons. The Kier molecular flexibility index (Phi) is 6.34. The molecule has 8 nitrogen and oxygen atoms in total. The van der Waals surface area contributed by atoms with E-state index in [0.717, 1.165) is 15.6 Å². The number of nitrogens with zero attached hydrogens (tertiary/aromatic N) is 4. The van der Waals surface area contributed by atoms with Gasteiger partial charge in [0.15, 0.2) is 5.82 Å². The second kappa shape index (κ2) is 9.35. The SMILES string of the molecule is CN(C)S(=O)(=O)c1ccccc1CNC(=O)c1nc(-c2ccccc2)n(-c2ccccc2)n1. The second-order valence-electron chi connectivity index (χ2n) is 7.45. The van der Waals surface area contributed by atoms with E-state index < -0.39 is 15.9 Å². The highest BCUT2D eigenvalue weighted by Gasteiger charge is 2.22. The Hall–Kier alpha value is -3.82. The van der Waals surface area contributed by atoms with Crippen LogP contribution in [0.1, 0.15) is 16.2 Å². The average Bonchev–Trinajstić information content (AvgIpc) is 3.29. The highest BCUT2D eigenvalue weighted by molar-refractivity contribution is 7.89. The van der Waals surface area contributed by atoms with E-state index in [9.17, 15) is 13.2 Å². The predicted octanol–water partition coefficient (Wildman–Crippen LogP) is 3.11. The van der Waals surface area contributed by atoms with Gasteiger partial charge in [-0.1, -0.05) is 66.7 Å². The van der Waals surface area contributed by atoms with Crippen LogP contribution in [0, 0.1) is 0 Å². The molecule has 0 aliphatic carbocycles. The molecule has 33 heavy (non-hydrogen) atoms. The standard InChI is InChI=1S/C24H23N5O3S/c1-28(2)33(31,32)21-16-10-9-13-19(21)17-25-24(30)22-26-23(18-11-5-3-6-12-18)29(27-22)20-14-7-4-8-15-20/h3-16H,17H2,1-2H3,(H,25,30). The average molecular weight is 462 g/mol. The van der Waals surface area contributed by atoms with E-state index in [0.29, 0.717) is 11.4 Å². The smallest absolute Gasteiger partial charge is 0.291 e. The fourth-order valence-corrected chi connectivity index (χ4v) is 4.40. The van der Waals surface area contributed by atoms with Crippen LogP contribution in [0.15, 0.2) is 89.8 Å². The summed E-state index contributed by atoms with van der Waals surface area (Å²) in [5.74, 6) is 0.0205. The van der Waals surface area contributed by atoms with Gasteiger partial charge < -0.3 is 5.32 Å². The molecule has 4 aromatic rings. The summed E-state index contributed by atoms with van der Waals surface area (Å²) in [4.78, 5) is 17.6. The largest absolute Gasteiger partial charge is 0.345 e. The Morgan fingerprint density at radius 1 is 0.909 bits per heavy atom. The summed E-state index contributed by atoms with van der Waals surface area (Å²) in [5, 5.41) is 7.19. The van der Waals surface area contributed by atoms with Gasteiger partial charge in [-0.25, -0.2) is 22.4 Å². The molecular formula is C24H23N5O3S. The minimum absolute atomic E-state index is 0.00865. The topological polar surface area (TPSA) is 97.2 Å². The van der Waals surface area contributed by atoms with Crippen molar-refractivity contribution in [1.82, 2.24) is 24.4 Å². The van der Waals surface area contributed by atoms with Crippen LogP contribution in [0.25, 0.3) is 17.1 Å². The highest BCUT2D eigenvalue weighted by atomic mass is 32.2. The third kappa shape index (κ3) is 4.69. The quantitative estimate of drug-likeness (QED) is 0.456. The molecule has 3 aromatic carbocycles. The summed E-state index contributed by atoms with van der Waals surface area (Å²) in [7, 11) is -0.712. The van der Waals surface area contributed by atoms with Gasteiger partial charge in [0, 0.05) is 26.2 Å². The maximum Gasteiger partial charge on any atom is 0.291 e.